The molecular formula is C49H77N5O7. The van der Waals surface area contributed by atoms with Crippen molar-refractivity contribution in [1.29, 1.82) is 0 Å². The molecule has 1 aliphatic rings. The lowest BCUT2D eigenvalue weighted by atomic mass is 9.83. The predicted octanol–water partition coefficient (Wildman–Crippen LogP) is 6.70. The highest BCUT2D eigenvalue weighted by molar-refractivity contribution is 5.96. The van der Waals surface area contributed by atoms with Gasteiger partial charge in [-0.05, 0) is 87.4 Å². The fourth-order valence-electron chi connectivity index (χ4n) is 9.34. The van der Waals surface area contributed by atoms with E-state index >= 15 is 0 Å². The Morgan fingerprint density at radius 2 is 1.51 bits per heavy atom. The molecule has 1 aliphatic heterocycles. The summed E-state index contributed by atoms with van der Waals surface area (Å²) in [5.74, 6) is -1.53. The zero-order valence-electron chi connectivity index (χ0n) is 39.2. The van der Waals surface area contributed by atoms with Gasteiger partial charge in [-0.3, -0.25) is 28.9 Å². The third kappa shape index (κ3) is 14.2. The lowest BCUT2D eigenvalue weighted by Crippen LogP contribution is -2.54. The van der Waals surface area contributed by atoms with Crippen LogP contribution in [0, 0.1) is 29.6 Å². The maximum Gasteiger partial charge on any atom is 0.226 e. The number of rotatable bonds is 25. The summed E-state index contributed by atoms with van der Waals surface area (Å²) in [6.45, 7) is 14.5. The van der Waals surface area contributed by atoms with Crippen LogP contribution in [0.2, 0.25) is 0 Å². The van der Waals surface area contributed by atoms with E-state index in [1.54, 1.807) is 50.4 Å². The molecule has 1 saturated heterocycles. The van der Waals surface area contributed by atoms with Crippen molar-refractivity contribution in [3.63, 3.8) is 0 Å². The van der Waals surface area contributed by atoms with E-state index in [-0.39, 0.29) is 84.4 Å². The number of amides is 3. The molecule has 0 unspecified atom stereocenters. The maximum absolute atomic E-state index is 14.4. The number of hydrogen-bond donors (Lipinski definition) is 2. The Labute approximate surface area is 366 Å². The summed E-state index contributed by atoms with van der Waals surface area (Å²) in [4.78, 5) is 75.1. The first-order valence-corrected chi connectivity index (χ1v) is 22.4. The molecule has 0 aliphatic carbocycles. The lowest BCUT2D eigenvalue weighted by Gasteiger charge is -2.41. The van der Waals surface area contributed by atoms with E-state index in [9.17, 15) is 24.0 Å². The maximum atomic E-state index is 14.4. The number of carbonyl (C=O) groups is 5. The molecule has 2 aromatic carbocycles. The molecule has 0 aromatic heterocycles. The second-order valence-electron chi connectivity index (χ2n) is 18.2. The Hall–Kier alpha value is -4.13. The first-order chi connectivity index (χ1) is 28.9. The van der Waals surface area contributed by atoms with Gasteiger partial charge >= 0.3 is 0 Å². The number of ketones is 2. The quantitative estimate of drug-likeness (QED) is 0.0823. The molecule has 340 valence electrons. The minimum Gasteiger partial charge on any atom is -0.399 e. The Balaban J connectivity index is 1.78. The van der Waals surface area contributed by atoms with Gasteiger partial charge in [0.05, 0.1) is 42.7 Å². The molecule has 61 heavy (non-hydrogen) atoms. The molecule has 3 N–H and O–H groups in total. The van der Waals surface area contributed by atoms with Crippen molar-refractivity contribution in [2.24, 2.45) is 29.6 Å². The highest BCUT2D eigenvalue weighted by Gasteiger charge is 2.43. The van der Waals surface area contributed by atoms with Crippen LogP contribution in [0.25, 0.3) is 0 Å². The van der Waals surface area contributed by atoms with Gasteiger partial charge in [-0.1, -0.05) is 85.2 Å². The third-order valence-corrected chi connectivity index (χ3v) is 12.9. The van der Waals surface area contributed by atoms with Crippen LogP contribution in [0.15, 0.2) is 54.6 Å². The fraction of sp³-hybridized carbons (Fsp3) is 0.653. The van der Waals surface area contributed by atoms with Gasteiger partial charge in [-0.2, -0.15) is 0 Å². The van der Waals surface area contributed by atoms with Gasteiger partial charge in [0.25, 0.3) is 0 Å². The molecule has 0 spiro atoms. The molecule has 2 aromatic rings. The summed E-state index contributed by atoms with van der Waals surface area (Å²) in [6.07, 6.45) is 2.41. The van der Waals surface area contributed by atoms with E-state index in [0.29, 0.717) is 37.1 Å². The number of nitrogens with zero attached hydrogens (tertiary/aromatic N) is 3. The third-order valence-electron chi connectivity index (χ3n) is 12.9. The Morgan fingerprint density at radius 1 is 0.869 bits per heavy atom. The van der Waals surface area contributed by atoms with Gasteiger partial charge in [0.2, 0.25) is 17.7 Å². The SMILES string of the molecule is CC[C@H](C)[C@@H]([C@@H](CC(=O)N1CCC[C@H]1[C@H](OC)[C@@H](C)C(=O)N[C@H](CCC(=O)c1ccc(N)cc1)Cc1ccccc1)OC)N(C)C(=O)[C@@H](CC(=O)[C@H](C(C)C)N(C)C)C(C)C. The van der Waals surface area contributed by atoms with Crippen molar-refractivity contribution in [3.05, 3.63) is 65.7 Å². The predicted molar refractivity (Wildman–Crippen MR) is 243 cm³/mol. The minimum atomic E-state index is -0.609. The van der Waals surface area contributed by atoms with Crippen molar-refractivity contribution < 1.29 is 33.4 Å². The van der Waals surface area contributed by atoms with Gasteiger partial charge in [0.1, 0.15) is 0 Å². The Morgan fingerprint density at radius 3 is 2.05 bits per heavy atom. The molecule has 3 rings (SSSR count). The van der Waals surface area contributed by atoms with E-state index < -0.39 is 30.1 Å². The van der Waals surface area contributed by atoms with Gasteiger partial charge in [0, 0.05) is 63.9 Å². The molecule has 1 fully saturated rings. The second-order valence-corrected chi connectivity index (χ2v) is 18.2. The zero-order chi connectivity index (χ0) is 45.6. The molecule has 12 heteroatoms. The number of nitrogens with one attached hydrogen (secondary N) is 1. The first-order valence-electron chi connectivity index (χ1n) is 22.4. The average Bonchev–Trinajstić information content (AvgIpc) is 3.71. The highest BCUT2D eigenvalue weighted by atomic mass is 16.5. The second kappa shape index (κ2) is 24.5. The van der Waals surface area contributed by atoms with Crippen molar-refractivity contribution in [1.82, 2.24) is 20.0 Å². The van der Waals surface area contributed by atoms with Crippen LogP contribution < -0.4 is 11.1 Å². The number of Topliss-reactive ketones (excluding diaryl/α,β-unsaturated/α-hetero) is 2. The molecule has 0 radical (unpaired) electrons. The van der Waals surface area contributed by atoms with Gasteiger partial charge in [0.15, 0.2) is 11.6 Å². The number of carbonyl (C=O) groups excluding carboxylic acids is 5. The van der Waals surface area contributed by atoms with Crippen LogP contribution in [0.1, 0.15) is 109 Å². The summed E-state index contributed by atoms with van der Waals surface area (Å²) < 4.78 is 12.2. The number of likely N-dealkylation sites (tertiary alicyclic amines) is 1. The normalized spacial score (nSPS) is 18.3. The lowest BCUT2D eigenvalue weighted by molar-refractivity contribution is -0.149. The standard InChI is InChI=1S/C49H77N5O7/c1-13-33(6)46(53(10)49(59)39(31(2)3)29-42(56)45(32(4)5)52(8)9)43(60-11)30-44(57)54-27-17-20-40(54)47(61-12)34(7)48(58)51-38(28-35-18-15-14-16-19-35)25-26-41(55)36-21-23-37(50)24-22-36/h14-16,18-19,21-24,31-34,38-40,43,45-47H,13,17,20,25-30,50H2,1-12H3,(H,51,58)/t33-,34+,38+,39-,40-,43+,45-,46-,47+/m0/s1. The summed E-state index contributed by atoms with van der Waals surface area (Å²) in [5, 5.41) is 3.23. The van der Waals surface area contributed by atoms with Crippen molar-refractivity contribution in [2.75, 3.05) is 47.6 Å². The first kappa shape index (κ1) is 51.2. The largest absolute Gasteiger partial charge is 0.399 e. The van der Waals surface area contributed by atoms with Crippen LogP contribution in [0.5, 0.6) is 0 Å². The number of likely N-dealkylation sites (N-methyl/N-ethyl adjacent to an activating group) is 2. The van der Waals surface area contributed by atoms with Crippen LogP contribution in [0.4, 0.5) is 5.69 Å². The summed E-state index contributed by atoms with van der Waals surface area (Å²) in [6, 6.07) is 15.4. The van der Waals surface area contributed by atoms with Crippen molar-refractivity contribution in [2.45, 2.75) is 136 Å². The summed E-state index contributed by atoms with van der Waals surface area (Å²) >= 11 is 0. The van der Waals surface area contributed by atoms with Gasteiger partial charge in [-0.15, -0.1) is 0 Å². The van der Waals surface area contributed by atoms with Gasteiger partial charge in [-0.25, -0.2) is 0 Å². The number of hydrogen-bond acceptors (Lipinski definition) is 9. The molecule has 0 saturated carbocycles. The number of nitrogen functional groups attached to an aromatic ring is 1. The topological polar surface area (TPSA) is 152 Å². The monoisotopic (exact) mass is 848 g/mol. The molecule has 1 heterocycles. The molecule has 9 atom stereocenters. The van der Waals surface area contributed by atoms with Crippen molar-refractivity contribution in [3.8, 4) is 0 Å². The average molecular weight is 848 g/mol. The fourth-order valence-corrected chi connectivity index (χ4v) is 9.34. The molecule has 3 amide bonds. The van der Waals surface area contributed by atoms with Gasteiger partial charge < -0.3 is 30.3 Å². The van der Waals surface area contributed by atoms with Crippen LogP contribution in [0.3, 0.4) is 0 Å². The van der Waals surface area contributed by atoms with Crippen LogP contribution in [-0.2, 0) is 35.1 Å². The minimum absolute atomic E-state index is 0.00386. The number of ether oxygens (including phenoxy) is 2. The zero-order valence-corrected chi connectivity index (χ0v) is 39.2. The number of anilines is 1. The number of nitrogens with two attached hydrogens (primary N) is 1. The molecule has 0 bridgehead atoms. The Bertz CT molecular complexity index is 1690. The van der Waals surface area contributed by atoms with E-state index in [0.717, 1.165) is 18.4 Å². The van der Waals surface area contributed by atoms with Crippen molar-refractivity contribution >= 4 is 35.0 Å². The molecule has 12 nitrogen and oxygen atoms in total. The number of benzene rings is 2. The summed E-state index contributed by atoms with van der Waals surface area (Å²) in [7, 11) is 8.74. The van der Waals surface area contributed by atoms with E-state index in [1.165, 1.54) is 0 Å². The Kier molecular flexibility index (Phi) is 20.6. The van der Waals surface area contributed by atoms with E-state index in [1.807, 2.05) is 88.8 Å². The van der Waals surface area contributed by atoms with E-state index in [2.05, 4.69) is 19.2 Å². The smallest absolute Gasteiger partial charge is 0.226 e. The molecular weight excluding hydrogens is 771 g/mol. The van der Waals surface area contributed by atoms with E-state index in [4.69, 9.17) is 15.2 Å². The summed E-state index contributed by atoms with van der Waals surface area (Å²) in [5.41, 5.74) is 8.04. The number of methoxy groups -OCH3 is 2. The highest BCUT2D eigenvalue weighted by Crippen LogP contribution is 2.31. The van der Waals surface area contributed by atoms with Crippen LogP contribution in [-0.4, -0.2) is 122 Å². The van der Waals surface area contributed by atoms with Crippen LogP contribution >= 0.6 is 0 Å².